The van der Waals surface area contributed by atoms with E-state index in [0.29, 0.717) is 11.3 Å². The second kappa shape index (κ2) is 5.53. The molecule has 0 saturated heterocycles. The van der Waals surface area contributed by atoms with Gasteiger partial charge < -0.3 is 4.42 Å². The van der Waals surface area contributed by atoms with E-state index in [1.807, 2.05) is 0 Å². The molecule has 0 aliphatic carbocycles. The maximum atomic E-state index is 11.7. The number of thiophene rings is 1. The Labute approximate surface area is 116 Å². The number of hydrazine groups is 1. The maximum absolute atomic E-state index is 11.7. The third-order valence-corrected chi connectivity index (χ3v) is 3.30. The fraction of sp³-hybridized carbons (Fsp3) is 0.0909. The van der Waals surface area contributed by atoms with Gasteiger partial charge in [-0.05, 0) is 13.0 Å². The van der Waals surface area contributed by atoms with Crippen LogP contribution in [0.15, 0.2) is 28.2 Å². The molecular weight excluding hydrogens is 286 g/mol. The lowest BCUT2D eigenvalue weighted by atomic mass is 10.2. The number of hydrogen-bond donors (Lipinski definition) is 2. The lowest BCUT2D eigenvalue weighted by Gasteiger charge is -2.05. The van der Waals surface area contributed by atoms with Gasteiger partial charge in [0, 0.05) is 11.4 Å². The molecule has 2 amide bonds. The Kier molecular flexibility index (Phi) is 3.80. The van der Waals surface area contributed by atoms with Crippen LogP contribution in [0.5, 0.6) is 0 Å². The molecule has 0 aliphatic heterocycles. The highest BCUT2D eigenvalue weighted by Crippen LogP contribution is 2.22. The summed E-state index contributed by atoms with van der Waals surface area (Å²) in [6.07, 6.45) is 1.36. The second-order valence-electron chi connectivity index (χ2n) is 3.73. The van der Waals surface area contributed by atoms with E-state index in [2.05, 4.69) is 10.9 Å². The summed E-state index contributed by atoms with van der Waals surface area (Å²) in [5.41, 5.74) is 4.77. The number of nitrogens with zero attached hydrogens (tertiary/aromatic N) is 1. The smallest absolute Gasteiger partial charge is 0.324 e. The van der Waals surface area contributed by atoms with Crippen molar-refractivity contribution < 1.29 is 18.9 Å². The molecule has 2 rings (SSSR count). The standard InChI is InChI=1S/C11H9N3O5S/c1-6-8(2-3-19-6)11(16)13-12-10(15)7-4-9(14(17)18)20-5-7/h2-5H,1H3,(H,12,15)(H,13,16). The first-order valence-electron chi connectivity index (χ1n) is 5.36. The molecule has 0 aromatic carbocycles. The summed E-state index contributed by atoms with van der Waals surface area (Å²) < 4.78 is 4.96. The molecule has 2 heterocycles. The van der Waals surface area contributed by atoms with Crippen LogP contribution in [0.2, 0.25) is 0 Å². The lowest BCUT2D eigenvalue weighted by Crippen LogP contribution is -2.41. The van der Waals surface area contributed by atoms with Crippen LogP contribution in [0.4, 0.5) is 5.00 Å². The quantitative estimate of drug-likeness (QED) is 0.659. The minimum absolute atomic E-state index is 0.103. The molecule has 0 saturated carbocycles. The van der Waals surface area contributed by atoms with Crippen molar-refractivity contribution in [3.05, 3.63) is 50.8 Å². The second-order valence-corrected chi connectivity index (χ2v) is 4.62. The minimum Gasteiger partial charge on any atom is -0.469 e. The molecule has 0 spiro atoms. The molecular formula is C11H9N3O5S. The van der Waals surface area contributed by atoms with Gasteiger partial charge in [-0.3, -0.25) is 30.6 Å². The van der Waals surface area contributed by atoms with E-state index in [-0.39, 0.29) is 10.6 Å². The van der Waals surface area contributed by atoms with Gasteiger partial charge in [-0.15, -0.1) is 0 Å². The van der Waals surface area contributed by atoms with Crippen LogP contribution < -0.4 is 10.9 Å². The van der Waals surface area contributed by atoms with Gasteiger partial charge in [-0.2, -0.15) is 0 Å². The van der Waals surface area contributed by atoms with Crippen molar-refractivity contribution in [1.82, 2.24) is 10.9 Å². The highest BCUT2D eigenvalue weighted by Gasteiger charge is 2.16. The normalized spacial score (nSPS) is 10.1. The Hall–Kier alpha value is -2.68. The van der Waals surface area contributed by atoms with E-state index in [0.717, 1.165) is 17.4 Å². The van der Waals surface area contributed by atoms with Crippen molar-refractivity contribution in [1.29, 1.82) is 0 Å². The summed E-state index contributed by atoms with van der Waals surface area (Å²) in [6.45, 7) is 1.61. The van der Waals surface area contributed by atoms with Crippen LogP contribution >= 0.6 is 11.3 Å². The SMILES string of the molecule is Cc1occc1C(=O)NNC(=O)c1csc([N+](=O)[O-])c1. The monoisotopic (exact) mass is 295 g/mol. The van der Waals surface area contributed by atoms with Crippen molar-refractivity contribution in [3.63, 3.8) is 0 Å². The van der Waals surface area contributed by atoms with E-state index < -0.39 is 16.7 Å². The molecule has 0 bridgehead atoms. The van der Waals surface area contributed by atoms with E-state index >= 15 is 0 Å². The first-order valence-corrected chi connectivity index (χ1v) is 6.24. The number of amides is 2. The van der Waals surface area contributed by atoms with E-state index in [1.54, 1.807) is 6.92 Å². The first kappa shape index (κ1) is 13.7. The zero-order valence-electron chi connectivity index (χ0n) is 10.2. The average molecular weight is 295 g/mol. The predicted molar refractivity (Wildman–Crippen MR) is 69.4 cm³/mol. The molecule has 0 atom stereocenters. The number of carbonyl (C=O) groups is 2. The fourth-order valence-corrected chi connectivity index (χ4v) is 2.12. The van der Waals surface area contributed by atoms with Gasteiger partial charge >= 0.3 is 5.00 Å². The van der Waals surface area contributed by atoms with Crippen molar-refractivity contribution >= 4 is 28.2 Å². The highest BCUT2D eigenvalue weighted by molar-refractivity contribution is 7.13. The van der Waals surface area contributed by atoms with Gasteiger partial charge in [0.25, 0.3) is 11.8 Å². The fourth-order valence-electron chi connectivity index (χ4n) is 1.41. The minimum atomic E-state index is -0.635. The number of carbonyl (C=O) groups excluding carboxylic acids is 2. The Morgan fingerprint density at radius 3 is 2.60 bits per heavy atom. The maximum Gasteiger partial charge on any atom is 0.324 e. The molecule has 0 aliphatic rings. The summed E-state index contributed by atoms with van der Waals surface area (Å²) in [4.78, 5) is 33.3. The molecule has 0 radical (unpaired) electrons. The third-order valence-electron chi connectivity index (χ3n) is 2.42. The molecule has 2 aromatic heterocycles. The Morgan fingerprint density at radius 1 is 1.35 bits per heavy atom. The van der Waals surface area contributed by atoms with Crippen molar-refractivity contribution in [2.24, 2.45) is 0 Å². The number of aryl methyl sites for hydroxylation is 1. The van der Waals surface area contributed by atoms with Gasteiger partial charge in [0.05, 0.1) is 22.3 Å². The van der Waals surface area contributed by atoms with Crippen LogP contribution in [-0.4, -0.2) is 16.7 Å². The first-order chi connectivity index (χ1) is 9.49. The summed E-state index contributed by atoms with van der Waals surface area (Å²) >= 11 is 0.833. The summed E-state index contributed by atoms with van der Waals surface area (Å²) in [5.74, 6) is -0.749. The van der Waals surface area contributed by atoms with Crippen molar-refractivity contribution in [2.45, 2.75) is 6.92 Å². The van der Waals surface area contributed by atoms with Gasteiger partial charge in [-0.25, -0.2) is 0 Å². The van der Waals surface area contributed by atoms with E-state index in [1.165, 1.54) is 17.7 Å². The number of rotatable bonds is 3. The topological polar surface area (TPSA) is 114 Å². The van der Waals surface area contributed by atoms with Crippen LogP contribution in [0.3, 0.4) is 0 Å². The zero-order valence-corrected chi connectivity index (χ0v) is 11.0. The molecule has 8 nitrogen and oxygen atoms in total. The summed E-state index contributed by atoms with van der Waals surface area (Å²) in [5, 5.41) is 11.7. The van der Waals surface area contributed by atoms with Crippen LogP contribution in [0.25, 0.3) is 0 Å². The molecule has 0 fully saturated rings. The van der Waals surface area contributed by atoms with E-state index in [9.17, 15) is 19.7 Å². The van der Waals surface area contributed by atoms with Gasteiger partial charge in [0.1, 0.15) is 5.76 Å². The summed E-state index contributed by atoms with van der Waals surface area (Å²) in [7, 11) is 0. The third kappa shape index (κ3) is 2.83. The Bertz CT molecular complexity index is 675. The molecule has 2 N–H and O–H groups in total. The van der Waals surface area contributed by atoms with Crippen molar-refractivity contribution in [3.8, 4) is 0 Å². The average Bonchev–Trinajstić information content (AvgIpc) is 3.04. The largest absolute Gasteiger partial charge is 0.469 e. The number of nitrogens with one attached hydrogen (secondary N) is 2. The van der Waals surface area contributed by atoms with Crippen molar-refractivity contribution in [2.75, 3.05) is 0 Å². The Morgan fingerprint density at radius 2 is 2.05 bits per heavy atom. The highest BCUT2D eigenvalue weighted by atomic mass is 32.1. The van der Waals surface area contributed by atoms with Crippen LogP contribution in [-0.2, 0) is 0 Å². The number of furan rings is 1. The van der Waals surface area contributed by atoms with Crippen LogP contribution in [0.1, 0.15) is 26.5 Å². The van der Waals surface area contributed by atoms with Crippen LogP contribution in [0, 0.1) is 17.0 Å². The molecule has 9 heteroatoms. The summed E-state index contributed by atoms with van der Waals surface area (Å²) in [6, 6.07) is 2.60. The molecule has 2 aromatic rings. The Balaban J connectivity index is 1.96. The molecule has 0 unspecified atom stereocenters. The van der Waals surface area contributed by atoms with Gasteiger partial charge in [0.2, 0.25) is 0 Å². The predicted octanol–water partition coefficient (Wildman–Crippen LogP) is 1.63. The van der Waals surface area contributed by atoms with Gasteiger partial charge in [0.15, 0.2) is 0 Å². The number of nitro groups is 1. The molecule has 20 heavy (non-hydrogen) atoms. The van der Waals surface area contributed by atoms with E-state index in [4.69, 9.17) is 4.42 Å². The zero-order chi connectivity index (χ0) is 14.7. The van der Waals surface area contributed by atoms with Gasteiger partial charge in [-0.1, -0.05) is 11.3 Å². The lowest BCUT2D eigenvalue weighted by molar-refractivity contribution is -0.380. The molecule has 104 valence electrons. The number of hydrogen-bond acceptors (Lipinski definition) is 6.